The zero-order valence-electron chi connectivity index (χ0n) is 16.8. The molecule has 2 aromatic rings. The molecule has 29 heavy (non-hydrogen) atoms. The molecular weight excluding hydrogens is 386 g/mol. The maximum atomic E-state index is 12.4. The van der Waals surface area contributed by atoms with E-state index in [1.165, 1.54) is 16.2 Å². The number of nitrogens with two attached hydrogens (primary N) is 1. The monoisotopic (exact) mass is 409 g/mol. The van der Waals surface area contributed by atoms with Crippen molar-refractivity contribution in [2.75, 3.05) is 12.4 Å². The Hall–Kier alpha value is -3.18. The van der Waals surface area contributed by atoms with Gasteiger partial charge >= 0.3 is 0 Å². The summed E-state index contributed by atoms with van der Waals surface area (Å²) >= 11 is 1.44. The third-order valence-electron chi connectivity index (χ3n) is 4.87. The number of amides is 2. The topological polar surface area (TPSA) is 112 Å². The number of benzene rings is 1. The lowest BCUT2D eigenvalue weighted by Gasteiger charge is -2.32. The SMILES string of the molecule is CC(C)C(=O)Nc1cc([C@]2(C)CC(=O)N(C)C(N)=N2)sc1-c1cccc(C#N)c1. The van der Waals surface area contributed by atoms with Crippen LogP contribution in [0, 0.1) is 17.2 Å². The van der Waals surface area contributed by atoms with Crippen LogP contribution >= 0.6 is 11.3 Å². The second-order valence-corrected chi connectivity index (χ2v) is 8.62. The maximum absolute atomic E-state index is 12.4. The van der Waals surface area contributed by atoms with Crippen molar-refractivity contribution in [3.8, 4) is 16.5 Å². The smallest absolute Gasteiger partial charge is 0.231 e. The summed E-state index contributed by atoms with van der Waals surface area (Å²) in [5.41, 5.74) is 7.12. The van der Waals surface area contributed by atoms with E-state index >= 15 is 0 Å². The Balaban J connectivity index is 2.13. The predicted molar refractivity (Wildman–Crippen MR) is 114 cm³/mol. The van der Waals surface area contributed by atoms with Crippen molar-refractivity contribution in [3.63, 3.8) is 0 Å². The summed E-state index contributed by atoms with van der Waals surface area (Å²) in [6.07, 6.45) is 0.181. The lowest BCUT2D eigenvalue weighted by atomic mass is 9.94. The van der Waals surface area contributed by atoms with Crippen LogP contribution in [0.15, 0.2) is 35.3 Å². The van der Waals surface area contributed by atoms with E-state index in [1.807, 2.05) is 32.9 Å². The molecule has 0 fully saturated rings. The number of aliphatic imine (C=N–C) groups is 1. The zero-order valence-corrected chi connectivity index (χ0v) is 17.6. The number of rotatable bonds is 4. The molecule has 2 heterocycles. The van der Waals surface area contributed by atoms with Gasteiger partial charge in [0, 0.05) is 17.8 Å². The van der Waals surface area contributed by atoms with Crippen LogP contribution in [0.1, 0.15) is 37.6 Å². The quantitative estimate of drug-likeness (QED) is 0.807. The minimum absolute atomic E-state index is 0.111. The van der Waals surface area contributed by atoms with Crippen molar-refractivity contribution in [2.24, 2.45) is 16.6 Å². The molecule has 1 aromatic heterocycles. The summed E-state index contributed by atoms with van der Waals surface area (Å²) in [7, 11) is 1.60. The van der Waals surface area contributed by atoms with Gasteiger partial charge in [-0.1, -0.05) is 26.0 Å². The van der Waals surface area contributed by atoms with Gasteiger partial charge in [-0.25, -0.2) is 4.99 Å². The van der Waals surface area contributed by atoms with Gasteiger partial charge in [-0.05, 0) is 30.7 Å². The van der Waals surface area contributed by atoms with Crippen molar-refractivity contribution in [2.45, 2.75) is 32.7 Å². The molecule has 2 amide bonds. The first-order valence-electron chi connectivity index (χ1n) is 9.22. The number of thiophene rings is 1. The molecule has 0 aliphatic carbocycles. The molecule has 1 aromatic carbocycles. The van der Waals surface area contributed by atoms with E-state index in [-0.39, 0.29) is 30.1 Å². The Morgan fingerprint density at radius 1 is 1.41 bits per heavy atom. The number of guanidine groups is 1. The second kappa shape index (κ2) is 7.68. The van der Waals surface area contributed by atoms with Crippen molar-refractivity contribution in [1.82, 2.24) is 4.90 Å². The van der Waals surface area contributed by atoms with Gasteiger partial charge in [-0.2, -0.15) is 5.26 Å². The van der Waals surface area contributed by atoms with Crippen LogP contribution in [0.3, 0.4) is 0 Å². The van der Waals surface area contributed by atoms with E-state index in [1.54, 1.807) is 25.2 Å². The summed E-state index contributed by atoms with van der Waals surface area (Å²) < 4.78 is 0. The number of carbonyl (C=O) groups excluding carboxylic acids is 2. The van der Waals surface area contributed by atoms with Gasteiger partial charge < -0.3 is 11.1 Å². The predicted octanol–water partition coefficient (Wildman–Crippen LogP) is 3.27. The maximum Gasteiger partial charge on any atom is 0.231 e. The molecule has 0 bridgehead atoms. The largest absolute Gasteiger partial charge is 0.369 e. The zero-order chi connectivity index (χ0) is 21.3. The molecule has 3 rings (SSSR count). The highest BCUT2D eigenvalue weighted by Gasteiger charge is 2.38. The van der Waals surface area contributed by atoms with E-state index in [2.05, 4.69) is 16.4 Å². The minimum atomic E-state index is -0.819. The van der Waals surface area contributed by atoms with E-state index in [9.17, 15) is 14.9 Å². The average molecular weight is 410 g/mol. The fourth-order valence-corrected chi connectivity index (χ4v) is 4.22. The first kappa shape index (κ1) is 20.6. The third-order valence-corrected chi connectivity index (χ3v) is 6.31. The summed E-state index contributed by atoms with van der Waals surface area (Å²) in [6.45, 7) is 5.50. The van der Waals surface area contributed by atoms with Crippen LogP contribution < -0.4 is 11.1 Å². The van der Waals surface area contributed by atoms with Gasteiger partial charge in [0.05, 0.1) is 28.6 Å². The molecule has 0 saturated carbocycles. The summed E-state index contributed by atoms with van der Waals surface area (Å²) in [5, 5.41) is 12.2. The van der Waals surface area contributed by atoms with Gasteiger partial charge in [-0.15, -0.1) is 11.3 Å². The molecule has 0 saturated heterocycles. The number of carbonyl (C=O) groups is 2. The molecule has 0 radical (unpaired) electrons. The summed E-state index contributed by atoms with van der Waals surface area (Å²) in [5.74, 6) is -0.252. The van der Waals surface area contributed by atoms with Crippen molar-refractivity contribution >= 4 is 34.8 Å². The number of nitriles is 1. The molecule has 1 atom stereocenters. The van der Waals surface area contributed by atoms with Crippen LogP contribution in [-0.2, 0) is 15.1 Å². The molecule has 150 valence electrons. The van der Waals surface area contributed by atoms with E-state index in [0.29, 0.717) is 11.3 Å². The number of hydrogen-bond donors (Lipinski definition) is 2. The Kier molecular flexibility index (Phi) is 5.44. The first-order valence-corrected chi connectivity index (χ1v) is 10.0. The Labute approximate surface area is 173 Å². The van der Waals surface area contributed by atoms with Crippen molar-refractivity contribution in [1.29, 1.82) is 5.26 Å². The normalized spacial score (nSPS) is 19.1. The van der Waals surface area contributed by atoms with Gasteiger partial charge in [0.2, 0.25) is 11.8 Å². The van der Waals surface area contributed by atoms with Gasteiger partial charge in [-0.3, -0.25) is 14.5 Å². The van der Waals surface area contributed by atoms with Crippen molar-refractivity contribution < 1.29 is 9.59 Å². The molecule has 1 aliphatic heterocycles. The lowest BCUT2D eigenvalue weighted by Crippen LogP contribution is -2.47. The van der Waals surface area contributed by atoms with Gasteiger partial charge in [0.15, 0.2) is 5.96 Å². The van der Waals surface area contributed by atoms with Crippen molar-refractivity contribution in [3.05, 3.63) is 40.8 Å². The number of hydrogen-bond acceptors (Lipinski definition) is 6. The van der Waals surface area contributed by atoms with Crippen LogP contribution in [0.2, 0.25) is 0 Å². The highest BCUT2D eigenvalue weighted by atomic mass is 32.1. The van der Waals surface area contributed by atoms with Crippen LogP contribution in [0.25, 0.3) is 10.4 Å². The van der Waals surface area contributed by atoms with Gasteiger partial charge in [0.1, 0.15) is 5.54 Å². The second-order valence-electron chi connectivity index (χ2n) is 7.56. The molecule has 0 spiro atoms. The fraction of sp³-hybridized carbons (Fsp3) is 0.333. The standard InChI is InChI=1S/C21H23N5O2S/c1-12(2)19(28)24-15-9-16(21(3)10-17(27)26(4)20(23)25-21)29-18(15)14-7-5-6-13(8-14)11-22/h5-9,12H,10H2,1-4H3,(H2,23,25)(H,24,28)/t21-/m0/s1. The summed E-state index contributed by atoms with van der Waals surface area (Å²) in [6, 6.07) is 11.2. The molecule has 8 heteroatoms. The number of nitrogens with zero attached hydrogens (tertiary/aromatic N) is 3. The molecule has 3 N–H and O–H groups in total. The number of nitrogens with one attached hydrogen (secondary N) is 1. The Morgan fingerprint density at radius 3 is 2.76 bits per heavy atom. The molecular formula is C21H23N5O2S. The van der Waals surface area contributed by atoms with Crippen LogP contribution in [-0.4, -0.2) is 29.7 Å². The van der Waals surface area contributed by atoms with Crippen LogP contribution in [0.5, 0.6) is 0 Å². The van der Waals surface area contributed by atoms with E-state index in [4.69, 9.17) is 5.73 Å². The van der Waals surface area contributed by atoms with E-state index < -0.39 is 5.54 Å². The Morgan fingerprint density at radius 2 is 2.14 bits per heavy atom. The highest BCUT2D eigenvalue weighted by molar-refractivity contribution is 7.16. The average Bonchev–Trinajstić information content (AvgIpc) is 3.10. The molecule has 1 aliphatic rings. The summed E-state index contributed by atoms with van der Waals surface area (Å²) in [4.78, 5) is 32.3. The first-order chi connectivity index (χ1) is 13.6. The fourth-order valence-electron chi connectivity index (χ4n) is 3.02. The molecule has 0 unspecified atom stereocenters. The van der Waals surface area contributed by atoms with Gasteiger partial charge in [0.25, 0.3) is 0 Å². The van der Waals surface area contributed by atoms with E-state index in [0.717, 1.165) is 15.3 Å². The Bertz CT molecular complexity index is 1050. The minimum Gasteiger partial charge on any atom is -0.369 e. The number of anilines is 1. The van der Waals surface area contributed by atoms with Crippen LogP contribution in [0.4, 0.5) is 5.69 Å². The third kappa shape index (κ3) is 4.00. The highest BCUT2D eigenvalue weighted by Crippen LogP contribution is 2.45. The molecule has 7 nitrogen and oxygen atoms in total. The lowest BCUT2D eigenvalue weighted by molar-refractivity contribution is -0.128.